The molecule has 108 valence electrons. The topological polar surface area (TPSA) is 23.4 Å². The van der Waals surface area contributed by atoms with Crippen LogP contribution < -0.4 is 9.47 Å². The number of fused-ring (bicyclic) bond motifs is 1. The summed E-state index contributed by atoms with van der Waals surface area (Å²) in [6, 6.07) is 14.2. The normalized spacial score (nSPS) is 10.8. The van der Waals surface area contributed by atoms with E-state index in [-0.39, 0.29) is 5.82 Å². The second-order valence-electron chi connectivity index (χ2n) is 4.71. The summed E-state index contributed by atoms with van der Waals surface area (Å²) in [7, 11) is 1.62. The molecule has 0 fully saturated rings. The summed E-state index contributed by atoms with van der Waals surface area (Å²) >= 11 is 0. The minimum Gasteiger partial charge on any atom is -0.493 e. The van der Waals surface area contributed by atoms with Crippen LogP contribution in [0, 0.1) is 5.82 Å². The molecule has 3 rings (SSSR count). The van der Waals surface area contributed by atoms with Gasteiger partial charge in [0.15, 0.2) is 11.5 Å². The number of para-hydroxylation sites is 2. The molecule has 3 aromatic rings. The van der Waals surface area contributed by atoms with E-state index in [1.807, 2.05) is 41.1 Å². The SMILES string of the molecule is COc1ccccc1OCCn1ccc2cc(F)ccc21. The maximum absolute atomic E-state index is 13.2. The molecule has 0 saturated carbocycles. The number of ether oxygens (including phenoxy) is 2. The van der Waals surface area contributed by atoms with Gasteiger partial charge in [0.1, 0.15) is 12.4 Å². The minimum atomic E-state index is -0.217. The van der Waals surface area contributed by atoms with E-state index in [4.69, 9.17) is 9.47 Å². The molecular weight excluding hydrogens is 269 g/mol. The Labute approximate surface area is 122 Å². The zero-order chi connectivity index (χ0) is 14.7. The van der Waals surface area contributed by atoms with Crippen LogP contribution in [0.25, 0.3) is 10.9 Å². The number of halogens is 1. The highest BCUT2D eigenvalue weighted by molar-refractivity contribution is 5.80. The van der Waals surface area contributed by atoms with Crippen molar-refractivity contribution in [3.8, 4) is 11.5 Å². The minimum absolute atomic E-state index is 0.217. The lowest BCUT2D eigenvalue weighted by Gasteiger charge is -2.11. The molecular formula is C17H16FNO2. The fourth-order valence-corrected chi connectivity index (χ4v) is 2.36. The average molecular weight is 285 g/mol. The van der Waals surface area contributed by atoms with Crippen LogP contribution >= 0.6 is 0 Å². The van der Waals surface area contributed by atoms with Crippen LogP contribution in [0.3, 0.4) is 0 Å². The van der Waals surface area contributed by atoms with Crippen molar-refractivity contribution in [1.29, 1.82) is 0 Å². The fraction of sp³-hybridized carbons (Fsp3) is 0.176. The molecule has 0 aliphatic heterocycles. The molecule has 3 nitrogen and oxygen atoms in total. The van der Waals surface area contributed by atoms with Crippen molar-refractivity contribution in [3.05, 3.63) is 60.5 Å². The molecule has 0 aliphatic rings. The van der Waals surface area contributed by atoms with Gasteiger partial charge in [-0.2, -0.15) is 0 Å². The Morgan fingerprint density at radius 1 is 1.05 bits per heavy atom. The Bertz CT molecular complexity index is 751. The molecule has 0 atom stereocenters. The Kier molecular flexibility index (Phi) is 3.77. The lowest BCUT2D eigenvalue weighted by Crippen LogP contribution is -2.07. The highest BCUT2D eigenvalue weighted by Gasteiger charge is 2.04. The van der Waals surface area contributed by atoms with Crippen molar-refractivity contribution < 1.29 is 13.9 Å². The number of hydrogen-bond acceptors (Lipinski definition) is 2. The molecule has 0 amide bonds. The van der Waals surface area contributed by atoms with E-state index in [1.165, 1.54) is 12.1 Å². The number of benzene rings is 2. The summed E-state index contributed by atoms with van der Waals surface area (Å²) in [5, 5.41) is 0.896. The third kappa shape index (κ3) is 2.84. The summed E-state index contributed by atoms with van der Waals surface area (Å²) in [4.78, 5) is 0. The smallest absolute Gasteiger partial charge is 0.161 e. The van der Waals surface area contributed by atoms with Crippen LogP contribution in [0.4, 0.5) is 4.39 Å². The van der Waals surface area contributed by atoms with Crippen LogP contribution in [0.2, 0.25) is 0 Å². The highest BCUT2D eigenvalue weighted by atomic mass is 19.1. The first-order chi connectivity index (χ1) is 10.3. The molecule has 1 aromatic heterocycles. The van der Waals surface area contributed by atoms with E-state index in [0.29, 0.717) is 13.2 Å². The molecule has 21 heavy (non-hydrogen) atoms. The summed E-state index contributed by atoms with van der Waals surface area (Å²) < 4.78 is 26.2. The average Bonchev–Trinajstić information content (AvgIpc) is 2.90. The van der Waals surface area contributed by atoms with Crippen LogP contribution in [-0.4, -0.2) is 18.3 Å². The second kappa shape index (κ2) is 5.87. The Balaban J connectivity index is 1.69. The second-order valence-corrected chi connectivity index (χ2v) is 4.71. The summed E-state index contributed by atoms with van der Waals surface area (Å²) in [6.07, 6.45) is 1.94. The zero-order valence-electron chi connectivity index (χ0n) is 11.8. The predicted molar refractivity (Wildman–Crippen MR) is 80.4 cm³/mol. The number of hydrogen-bond donors (Lipinski definition) is 0. The summed E-state index contributed by atoms with van der Waals surface area (Å²) in [6.45, 7) is 1.20. The van der Waals surface area contributed by atoms with Gasteiger partial charge >= 0.3 is 0 Å². The molecule has 0 aliphatic carbocycles. The lowest BCUT2D eigenvalue weighted by atomic mass is 10.2. The number of rotatable bonds is 5. The Morgan fingerprint density at radius 3 is 2.67 bits per heavy atom. The Hall–Kier alpha value is -2.49. The van der Waals surface area contributed by atoms with Gasteiger partial charge in [0, 0.05) is 17.1 Å². The van der Waals surface area contributed by atoms with Crippen LogP contribution in [0.1, 0.15) is 0 Å². The molecule has 2 aromatic carbocycles. The summed E-state index contributed by atoms with van der Waals surface area (Å²) in [5.41, 5.74) is 1.00. The van der Waals surface area contributed by atoms with Gasteiger partial charge in [0.25, 0.3) is 0 Å². The number of aromatic nitrogens is 1. The standard InChI is InChI=1S/C17H16FNO2/c1-20-16-4-2-3-5-17(16)21-11-10-19-9-8-13-12-14(18)6-7-15(13)19/h2-9,12H,10-11H2,1H3. The molecule has 0 saturated heterocycles. The van der Waals surface area contributed by atoms with Gasteiger partial charge in [0.2, 0.25) is 0 Å². The molecule has 0 bridgehead atoms. The first-order valence-corrected chi connectivity index (χ1v) is 6.78. The van der Waals surface area contributed by atoms with Crippen molar-refractivity contribution in [2.45, 2.75) is 6.54 Å². The van der Waals surface area contributed by atoms with Crippen LogP contribution in [-0.2, 0) is 6.54 Å². The molecule has 1 heterocycles. The number of nitrogens with zero attached hydrogens (tertiary/aromatic N) is 1. The quantitative estimate of drug-likeness (QED) is 0.710. The van der Waals surface area contributed by atoms with Crippen molar-refractivity contribution in [2.75, 3.05) is 13.7 Å². The fourth-order valence-electron chi connectivity index (χ4n) is 2.36. The molecule has 0 unspecified atom stereocenters. The van der Waals surface area contributed by atoms with Gasteiger partial charge < -0.3 is 14.0 Å². The van der Waals surface area contributed by atoms with E-state index in [1.54, 1.807) is 13.2 Å². The molecule has 0 spiro atoms. The zero-order valence-corrected chi connectivity index (χ0v) is 11.8. The van der Waals surface area contributed by atoms with Crippen molar-refractivity contribution in [2.24, 2.45) is 0 Å². The van der Waals surface area contributed by atoms with E-state index >= 15 is 0 Å². The van der Waals surface area contributed by atoms with Gasteiger partial charge in [-0.3, -0.25) is 0 Å². The lowest BCUT2D eigenvalue weighted by molar-refractivity contribution is 0.281. The van der Waals surface area contributed by atoms with Gasteiger partial charge in [0.05, 0.1) is 13.7 Å². The van der Waals surface area contributed by atoms with E-state index in [0.717, 1.165) is 22.4 Å². The van der Waals surface area contributed by atoms with Crippen molar-refractivity contribution in [3.63, 3.8) is 0 Å². The maximum Gasteiger partial charge on any atom is 0.161 e. The monoisotopic (exact) mass is 285 g/mol. The van der Waals surface area contributed by atoms with Gasteiger partial charge in [-0.1, -0.05) is 12.1 Å². The predicted octanol–water partition coefficient (Wildman–Crippen LogP) is 3.87. The molecule has 0 N–H and O–H groups in total. The molecule has 0 radical (unpaired) electrons. The van der Waals surface area contributed by atoms with E-state index in [9.17, 15) is 4.39 Å². The van der Waals surface area contributed by atoms with E-state index < -0.39 is 0 Å². The first-order valence-electron chi connectivity index (χ1n) is 6.78. The van der Waals surface area contributed by atoms with Gasteiger partial charge in [-0.15, -0.1) is 0 Å². The third-order valence-corrected chi connectivity index (χ3v) is 3.39. The highest BCUT2D eigenvalue weighted by Crippen LogP contribution is 2.25. The third-order valence-electron chi connectivity index (χ3n) is 3.39. The van der Waals surface area contributed by atoms with Crippen molar-refractivity contribution in [1.82, 2.24) is 4.57 Å². The molecule has 4 heteroatoms. The van der Waals surface area contributed by atoms with Crippen LogP contribution in [0.5, 0.6) is 11.5 Å². The van der Waals surface area contributed by atoms with E-state index in [2.05, 4.69) is 0 Å². The van der Waals surface area contributed by atoms with Crippen LogP contribution in [0.15, 0.2) is 54.7 Å². The summed E-state index contributed by atoms with van der Waals surface area (Å²) in [5.74, 6) is 1.23. The largest absolute Gasteiger partial charge is 0.493 e. The Morgan fingerprint density at radius 2 is 1.86 bits per heavy atom. The van der Waals surface area contributed by atoms with Gasteiger partial charge in [-0.05, 0) is 36.4 Å². The number of methoxy groups -OCH3 is 1. The first kappa shape index (κ1) is 13.5. The maximum atomic E-state index is 13.2. The van der Waals surface area contributed by atoms with Gasteiger partial charge in [-0.25, -0.2) is 4.39 Å². The van der Waals surface area contributed by atoms with Crippen molar-refractivity contribution >= 4 is 10.9 Å².